The number of carbonyl (C=O) groups is 1. The van der Waals surface area contributed by atoms with E-state index >= 15 is 0 Å². The summed E-state index contributed by atoms with van der Waals surface area (Å²) in [7, 11) is 0. The zero-order chi connectivity index (χ0) is 25.6. The van der Waals surface area contributed by atoms with E-state index in [0.29, 0.717) is 6.67 Å². The molecule has 2 aliphatic rings. The van der Waals surface area contributed by atoms with Crippen LogP contribution in [0.5, 0.6) is 0 Å². The van der Waals surface area contributed by atoms with Gasteiger partial charge >= 0.3 is 0 Å². The lowest BCUT2D eigenvalue weighted by Gasteiger charge is -2.45. The van der Waals surface area contributed by atoms with Gasteiger partial charge in [-0.25, -0.2) is 4.68 Å². The lowest BCUT2D eigenvalue weighted by Crippen LogP contribution is -2.57. The Morgan fingerprint density at radius 2 is 1.62 bits per heavy atom. The predicted octanol–water partition coefficient (Wildman–Crippen LogP) is 4.10. The van der Waals surface area contributed by atoms with Crippen LogP contribution in [0.3, 0.4) is 0 Å². The quantitative estimate of drug-likeness (QED) is 0.459. The van der Waals surface area contributed by atoms with Gasteiger partial charge in [-0.1, -0.05) is 60.7 Å². The van der Waals surface area contributed by atoms with Crippen LogP contribution in [0.25, 0.3) is 10.8 Å². The van der Waals surface area contributed by atoms with Gasteiger partial charge in [-0.3, -0.25) is 9.69 Å². The van der Waals surface area contributed by atoms with Gasteiger partial charge in [0.2, 0.25) is 5.91 Å². The SMILES string of the molecule is CC(C)(C)n1nnnc1C(c1cccc2ccccc12)N1CCC2(CC1)C(=O)NCN2c1ccccc1. The Labute approximate surface area is 217 Å². The first-order chi connectivity index (χ1) is 17.9. The predicted molar refractivity (Wildman–Crippen MR) is 144 cm³/mol. The Morgan fingerprint density at radius 1 is 0.919 bits per heavy atom. The summed E-state index contributed by atoms with van der Waals surface area (Å²) in [6.07, 6.45) is 1.46. The first-order valence-corrected chi connectivity index (χ1v) is 13.0. The van der Waals surface area contributed by atoms with Crippen LogP contribution >= 0.6 is 0 Å². The molecule has 8 heteroatoms. The van der Waals surface area contributed by atoms with E-state index in [1.165, 1.54) is 16.3 Å². The maximum Gasteiger partial charge on any atom is 0.247 e. The highest BCUT2D eigenvalue weighted by Crippen LogP contribution is 2.41. The van der Waals surface area contributed by atoms with Crippen molar-refractivity contribution in [1.82, 2.24) is 30.4 Å². The summed E-state index contributed by atoms with van der Waals surface area (Å²) < 4.78 is 1.95. The van der Waals surface area contributed by atoms with E-state index in [1.54, 1.807) is 0 Å². The summed E-state index contributed by atoms with van der Waals surface area (Å²) >= 11 is 0. The summed E-state index contributed by atoms with van der Waals surface area (Å²) in [5.74, 6) is 0.952. The highest BCUT2D eigenvalue weighted by atomic mass is 16.2. The second-order valence-corrected chi connectivity index (χ2v) is 11.1. The van der Waals surface area contributed by atoms with Gasteiger partial charge in [-0.15, -0.1) is 5.10 Å². The Kier molecular flexibility index (Phi) is 5.71. The molecule has 0 radical (unpaired) electrons. The number of benzene rings is 3. The standard InChI is InChI=1S/C29H33N7O/c1-28(2,3)36-26(31-32-33-36)25(24-15-9-11-21-10-7-8-14-23(21)24)34-18-16-29(17-19-34)27(37)30-20-35(29)22-12-5-4-6-13-22/h4-15,25H,16-20H2,1-3H3,(H,30,37). The fourth-order valence-corrected chi connectivity index (χ4v) is 6.02. The number of anilines is 1. The third kappa shape index (κ3) is 3.96. The van der Waals surface area contributed by atoms with Crippen LogP contribution in [0.1, 0.15) is 51.0 Å². The van der Waals surface area contributed by atoms with Gasteiger partial charge in [0.05, 0.1) is 18.2 Å². The molecule has 6 rings (SSSR count). The van der Waals surface area contributed by atoms with Gasteiger partial charge in [-0.05, 0) is 72.5 Å². The third-order valence-corrected chi connectivity index (χ3v) is 7.89. The number of rotatable bonds is 4. The number of carbonyl (C=O) groups excluding carboxylic acids is 1. The number of likely N-dealkylation sites (tertiary alicyclic amines) is 1. The Bertz CT molecular complexity index is 1410. The lowest BCUT2D eigenvalue weighted by molar-refractivity contribution is -0.125. The van der Waals surface area contributed by atoms with Crippen LogP contribution in [0.2, 0.25) is 0 Å². The summed E-state index contributed by atoms with van der Waals surface area (Å²) in [6.45, 7) is 8.41. The van der Waals surface area contributed by atoms with Crippen molar-refractivity contribution in [3.05, 3.63) is 84.2 Å². The van der Waals surface area contributed by atoms with Gasteiger partial charge in [0.15, 0.2) is 5.82 Å². The molecule has 2 fully saturated rings. The minimum Gasteiger partial charge on any atom is -0.339 e. The van der Waals surface area contributed by atoms with E-state index in [-0.39, 0.29) is 17.5 Å². The Morgan fingerprint density at radius 3 is 2.38 bits per heavy atom. The molecule has 0 aliphatic carbocycles. The maximum absolute atomic E-state index is 13.3. The van der Waals surface area contributed by atoms with Gasteiger partial charge < -0.3 is 10.2 Å². The average molecular weight is 496 g/mol. The topological polar surface area (TPSA) is 79.2 Å². The summed E-state index contributed by atoms with van der Waals surface area (Å²) in [5, 5.41) is 18.6. The number of nitrogens with one attached hydrogen (secondary N) is 1. The highest BCUT2D eigenvalue weighted by molar-refractivity contribution is 5.93. The first-order valence-electron chi connectivity index (χ1n) is 13.0. The molecule has 0 saturated carbocycles. The fourth-order valence-electron chi connectivity index (χ4n) is 6.02. The summed E-state index contributed by atoms with van der Waals surface area (Å²) in [6, 6.07) is 25.1. The van der Waals surface area contributed by atoms with Crippen LogP contribution < -0.4 is 10.2 Å². The fraction of sp³-hybridized carbons (Fsp3) is 0.379. The van der Waals surface area contributed by atoms with Crippen LogP contribution in [0.4, 0.5) is 5.69 Å². The number of para-hydroxylation sites is 1. The monoisotopic (exact) mass is 495 g/mol. The number of tetrazole rings is 1. The first kappa shape index (κ1) is 23.6. The molecule has 1 unspecified atom stereocenters. The zero-order valence-corrected chi connectivity index (χ0v) is 21.6. The van der Waals surface area contributed by atoms with Crippen molar-refractivity contribution in [3.8, 4) is 0 Å². The van der Waals surface area contributed by atoms with Gasteiger partial charge in [-0.2, -0.15) is 0 Å². The van der Waals surface area contributed by atoms with E-state index in [2.05, 4.69) is 106 Å². The van der Waals surface area contributed by atoms with Crippen LogP contribution in [-0.4, -0.2) is 56.3 Å². The minimum atomic E-state index is -0.545. The Balaban J connectivity index is 1.40. The molecule has 1 aromatic heterocycles. The summed E-state index contributed by atoms with van der Waals surface area (Å²) in [5.41, 5.74) is 1.45. The number of fused-ring (bicyclic) bond motifs is 1. The molecule has 3 aromatic carbocycles. The van der Waals surface area contributed by atoms with Gasteiger partial charge in [0.1, 0.15) is 5.54 Å². The molecule has 2 saturated heterocycles. The molecular formula is C29H33N7O. The van der Waals surface area contributed by atoms with Gasteiger partial charge in [0.25, 0.3) is 0 Å². The number of amides is 1. The van der Waals surface area contributed by atoms with Crippen molar-refractivity contribution >= 4 is 22.4 Å². The number of hydrogen-bond acceptors (Lipinski definition) is 6. The Hall–Kier alpha value is -3.78. The average Bonchev–Trinajstić information content (AvgIpc) is 3.52. The van der Waals surface area contributed by atoms with E-state index in [9.17, 15) is 4.79 Å². The number of piperidine rings is 1. The molecule has 1 N–H and O–H groups in total. The molecular weight excluding hydrogens is 462 g/mol. The molecule has 2 aliphatic heterocycles. The van der Waals surface area contributed by atoms with Crippen molar-refractivity contribution in [3.63, 3.8) is 0 Å². The van der Waals surface area contributed by atoms with Crippen LogP contribution in [-0.2, 0) is 10.3 Å². The molecule has 0 bridgehead atoms. The zero-order valence-electron chi connectivity index (χ0n) is 21.6. The second kappa shape index (κ2) is 8.95. The number of hydrogen-bond donors (Lipinski definition) is 1. The molecule has 37 heavy (non-hydrogen) atoms. The second-order valence-electron chi connectivity index (χ2n) is 11.1. The third-order valence-electron chi connectivity index (χ3n) is 7.89. The molecule has 8 nitrogen and oxygen atoms in total. The van der Waals surface area contributed by atoms with Crippen LogP contribution in [0.15, 0.2) is 72.8 Å². The summed E-state index contributed by atoms with van der Waals surface area (Å²) in [4.78, 5) is 18.0. The normalized spacial score (nSPS) is 18.9. The molecule has 1 spiro atoms. The van der Waals surface area contributed by atoms with Crippen molar-refractivity contribution < 1.29 is 4.79 Å². The van der Waals surface area contributed by atoms with E-state index < -0.39 is 5.54 Å². The molecule has 4 aromatic rings. The van der Waals surface area contributed by atoms with Gasteiger partial charge in [0, 0.05) is 18.8 Å². The van der Waals surface area contributed by atoms with E-state index in [4.69, 9.17) is 0 Å². The van der Waals surface area contributed by atoms with Crippen molar-refractivity contribution in [2.75, 3.05) is 24.7 Å². The largest absolute Gasteiger partial charge is 0.339 e. The van der Waals surface area contributed by atoms with Crippen molar-refractivity contribution in [2.45, 2.75) is 50.7 Å². The van der Waals surface area contributed by atoms with E-state index in [1.807, 2.05) is 22.9 Å². The smallest absolute Gasteiger partial charge is 0.247 e. The van der Waals surface area contributed by atoms with Crippen LogP contribution in [0, 0.1) is 0 Å². The lowest BCUT2D eigenvalue weighted by atomic mass is 9.84. The molecule has 1 amide bonds. The maximum atomic E-state index is 13.3. The van der Waals surface area contributed by atoms with E-state index in [0.717, 1.165) is 37.4 Å². The van der Waals surface area contributed by atoms with Crippen molar-refractivity contribution in [1.29, 1.82) is 0 Å². The minimum absolute atomic E-state index is 0.122. The number of aromatic nitrogens is 4. The molecule has 1 atom stereocenters. The van der Waals surface area contributed by atoms with Crippen molar-refractivity contribution in [2.24, 2.45) is 0 Å². The highest BCUT2D eigenvalue weighted by Gasteiger charge is 2.51. The molecule has 190 valence electrons. The molecule has 3 heterocycles. The number of nitrogens with zero attached hydrogens (tertiary/aromatic N) is 6.